The van der Waals surface area contributed by atoms with Gasteiger partial charge in [0.05, 0.1) is 12.6 Å². The van der Waals surface area contributed by atoms with Gasteiger partial charge in [-0.2, -0.15) is 0 Å². The molecule has 1 atom stereocenters. The average Bonchev–Trinajstić information content (AvgIpc) is 2.47. The highest BCUT2D eigenvalue weighted by Gasteiger charge is 2.13. The molecule has 0 bridgehead atoms. The minimum absolute atomic E-state index is 0.0729. The second kappa shape index (κ2) is 10.8. The monoisotopic (exact) mass is 281 g/mol. The number of likely N-dealkylation sites (N-methyl/N-ethyl adjacent to an activating group) is 1. The summed E-state index contributed by atoms with van der Waals surface area (Å²) in [6, 6.07) is 6.80. The number of hydrogen-bond donors (Lipinski definition) is 1. The summed E-state index contributed by atoms with van der Waals surface area (Å²) in [6.45, 7) is 3.51. The summed E-state index contributed by atoms with van der Waals surface area (Å²) in [5.74, 6) is -0.171. The lowest BCUT2D eigenvalue weighted by atomic mass is 10.1. The Morgan fingerprint density at radius 1 is 1.10 bits per heavy atom. The first-order valence-electron chi connectivity index (χ1n) is 7.79. The van der Waals surface area contributed by atoms with Crippen LogP contribution in [0.2, 0.25) is 0 Å². The van der Waals surface area contributed by atoms with E-state index < -0.39 is 0 Å². The van der Waals surface area contributed by atoms with Gasteiger partial charge in [0.25, 0.3) is 0 Å². The van der Waals surface area contributed by atoms with Crippen molar-refractivity contribution < 1.29 is 9.13 Å². The van der Waals surface area contributed by atoms with Gasteiger partial charge in [-0.15, -0.1) is 0 Å². The fourth-order valence-corrected chi connectivity index (χ4v) is 2.27. The maximum Gasteiger partial charge on any atom is 0.128 e. The lowest BCUT2D eigenvalue weighted by molar-refractivity contribution is 0.109. The number of halogens is 1. The summed E-state index contributed by atoms with van der Waals surface area (Å²) in [7, 11) is 1.84. The van der Waals surface area contributed by atoms with E-state index in [0.29, 0.717) is 12.2 Å². The molecular weight excluding hydrogens is 253 g/mol. The Balaban J connectivity index is 2.18. The Hall–Kier alpha value is -0.930. The van der Waals surface area contributed by atoms with Crippen LogP contribution in [-0.4, -0.2) is 20.3 Å². The van der Waals surface area contributed by atoms with Crippen LogP contribution < -0.4 is 5.32 Å². The van der Waals surface area contributed by atoms with Crippen molar-refractivity contribution in [3.05, 3.63) is 35.6 Å². The Labute approximate surface area is 122 Å². The number of ether oxygens (including phenoxy) is 1. The minimum Gasteiger partial charge on any atom is -0.379 e. The zero-order valence-electron chi connectivity index (χ0n) is 12.8. The van der Waals surface area contributed by atoms with E-state index in [4.69, 9.17) is 4.74 Å². The van der Waals surface area contributed by atoms with Crippen molar-refractivity contribution in [3.63, 3.8) is 0 Å². The molecule has 1 aromatic carbocycles. The predicted molar refractivity (Wildman–Crippen MR) is 82.4 cm³/mol. The summed E-state index contributed by atoms with van der Waals surface area (Å²) < 4.78 is 19.4. The van der Waals surface area contributed by atoms with Crippen molar-refractivity contribution >= 4 is 0 Å². The van der Waals surface area contributed by atoms with Crippen molar-refractivity contribution in [1.29, 1.82) is 0 Å². The molecule has 1 rings (SSSR count). The van der Waals surface area contributed by atoms with Crippen molar-refractivity contribution in [2.75, 3.05) is 20.3 Å². The molecule has 114 valence electrons. The normalized spacial score (nSPS) is 12.6. The molecule has 0 amide bonds. The van der Waals surface area contributed by atoms with Crippen LogP contribution in [0.1, 0.15) is 57.1 Å². The molecule has 20 heavy (non-hydrogen) atoms. The first-order valence-corrected chi connectivity index (χ1v) is 7.79. The lowest BCUT2D eigenvalue weighted by Crippen LogP contribution is -2.23. The Morgan fingerprint density at radius 3 is 2.50 bits per heavy atom. The van der Waals surface area contributed by atoms with Gasteiger partial charge in [-0.05, 0) is 19.5 Å². The third kappa shape index (κ3) is 6.49. The molecule has 0 aliphatic heterocycles. The van der Waals surface area contributed by atoms with Gasteiger partial charge >= 0.3 is 0 Å². The first kappa shape index (κ1) is 17.1. The highest BCUT2D eigenvalue weighted by Crippen LogP contribution is 2.17. The molecule has 1 unspecified atom stereocenters. The number of hydrogen-bond acceptors (Lipinski definition) is 2. The van der Waals surface area contributed by atoms with Gasteiger partial charge < -0.3 is 10.1 Å². The van der Waals surface area contributed by atoms with E-state index in [1.54, 1.807) is 6.07 Å². The van der Waals surface area contributed by atoms with Gasteiger partial charge in [-0.3, -0.25) is 0 Å². The topological polar surface area (TPSA) is 21.3 Å². The first-order chi connectivity index (χ1) is 9.79. The van der Waals surface area contributed by atoms with E-state index in [1.165, 1.54) is 38.2 Å². The zero-order valence-corrected chi connectivity index (χ0v) is 12.8. The van der Waals surface area contributed by atoms with E-state index in [9.17, 15) is 4.39 Å². The Bertz CT molecular complexity index is 357. The SMILES string of the molecule is CCCCCCCCOCC(NC)c1ccccc1F. The highest BCUT2D eigenvalue weighted by molar-refractivity contribution is 5.21. The fourth-order valence-electron chi connectivity index (χ4n) is 2.27. The molecule has 0 saturated heterocycles. The van der Waals surface area contributed by atoms with Gasteiger partial charge in [0.1, 0.15) is 5.82 Å². The summed E-state index contributed by atoms with van der Waals surface area (Å²) in [5.41, 5.74) is 0.679. The zero-order chi connectivity index (χ0) is 14.6. The molecule has 1 N–H and O–H groups in total. The molecule has 0 radical (unpaired) electrons. The quantitative estimate of drug-likeness (QED) is 0.604. The molecule has 0 heterocycles. The van der Waals surface area contributed by atoms with Crippen LogP contribution in [0.15, 0.2) is 24.3 Å². The molecule has 0 fully saturated rings. The molecular formula is C17H28FNO. The second-order valence-corrected chi connectivity index (χ2v) is 5.21. The second-order valence-electron chi connectivity index (χ2n) is 5.21. The minimum atomic E-state index is -0.171. The smallest absolute Gasteiger partial charge is 0.128 e. The molecule has 1 aromatic rings. The van der Waals surface area contributed by atoms with Crippen molar-refractivity contribution in [2.24, 2.45) is 0 Å². The van der Waals surface area contributed by atoms with Crippen LogP contribution in [0.3, 0.4) is 0 Å². The van der Waals surface area contributed by atoms with Gasteiger partial charge in [-0.1, -0.05) is 57.2 Å². The van der Waals surface area contributed by atoms with Crippen LogP contribution in [0.25, 0.3) is 0 Å². The van der Waals surface area contributed by atoms with E-state index in [2.05, 4.69) is 12.2 Å². The number of nitrogens with one attached hydrogen (secondary N) is 1. The Kier molecular flexibility index (Phi) is 9.25. The summed E-state index contributed by atoms with van der Waals surface area (Å²) in [6.07, 6.45) is 7.55. The fraction of sp³-hybridized carbons (Fsp3) is 0.647. The molecule has 0 aliphatic rings. The summed E-state index contributed by atoms with van der Waals surface area (Å²) in [4.78, 5) is 0. The number of rotatable bonds is 11. The van der Waals surface area contributed by atoms with Gasteiger partial charge in [0, 0.05) is 12.2 Å². The summed E-state index contributed by atoms with van der Waals surface area (Å²) in [5, 5.41) is 3.11. The molecule has 2 nitrogen and oxygen atoms in total. The van der Waals surface area contributed by atoms with E-state index in [-0.39, 0.29) is 11.9 Å². The van der Waals surface area contributed by atoms with Crippen molar-refractivity contribution in [3.8, 4) is 0 Å². The van der Waals surface area contributed by atoms with Crippen LogP contribution in [-0.2, 0) is 4.74 Å². The lowest BCUT2D eigenvalue weighted by Gasteiger charge is -2.17. The average molecular weight is 281 g/mol. The largest absolute Gasteiger partial charge is 0.379 e. The molecule has 0 aromatic heterocycles. The Morgan fingerprint density at radius 2 is 1.80 bits per heavy atom. The van der Waals surface area contributed by atoms with Crippen LogP contribution in [0, 0.1) is 5.82 Å². The van der Waals surface area contributed by atoms with Gasteiger partial charge in [0.2, 0.25) is 0 Å². The van der Waals surface area contributed by atoms with Crippen LogP contribution >= 0.6 is 0 Å². The standard InChI is InChI=1S/C17H28FNO/c1-3-4-5-6-7-10-13-20-14-17(19-2)15-11-8-9-12-16(15)18/h8-9,11-12,17,19H,3-7,10,13-14H2,1-2H3. The molecule has 3 heteroatoms. The summed E-state index contributed by atoms with van der Waals surface area (Å²) >= 11 is 0. The van der Waals surface area contributed by atoms with Gasteiger partial charge in [-0.25, -0.2) is 4.39 Å². The number of benzene rings is 1. The third-order valence-corrected chi connectivity index (χ3v) is 3.56. The van der Waals surface area contributed by atoms with E-state index in [1.807, 2.05) is 19.2 Å². The number of unbranched alkanes of at least 4 members (excludes halogenated alkanes) is 5. The molecule has 0 saturated carbocycles. The maximum atomic E-state index is 13.7. The highest BCUT2D eigenvalue weighted by atomic mass is 19.1. The third-order valence-electron chi connectivity index (χ3n) is 3.56. The van der Waals surface area contributed by atoms with E-state index >= 15 is 0 Å². The van der Waals surface area contributed by atoms with Crippen molar-refractivity contribution in [2.45, 2.75) is 51.5 Å². The van der Waals surface area contributed by atoms with Crippen LogP contribution in [0.5, 0.6) is 0 Å². The molecule has 0 aliphatic carbocycles. The van der Waals surface area contributed by atoms with Gasteiger partial charge in [0.15, 0.2) is 0 Å². The van der Waals surface area contributed by atoms with Crippen LogP contribution in [0.4, 0.5) is 4.39 Å². The van der Waals surface area contributed by atoms with E-state index in [0.717, 1.165) is 13.0 Å². The maximum absolute atomic E-state index is 13.7. The molecule has 0 spiro atoms. The van der Waals surface area contributed by atoms with Crippen molar-refractivity contribution in [1.82, 2.24) is 5.32 Å². The predicted octanol–water partition coefficient (Wildman–Crippen LogP) is 4.46.